The number of amides is 1. The molecular weight excluding hydrogens is 376 g/mol. The first-order chi connectivity index (χ1) is 14.4. The highest BCUT2D eigenvalue weighted by Gasteiger charge is 2.13. The van der Waals surface area contributed by atoms with Gasteiger partial charge in [0.05, 0.1) is 12.3 Å². The van der Waals surface area contributed by atoms with Crippen molar-refractivity contribution >= 4 is 22.6 Å². The van der Waals surface area contributed by atoms with Crippen LogP contribution in [0.3, 0.4) is 0 Å². The quantitative estimate of drug-likeness (QED) is 0.512. The first kappa shape index (κ1) is 19.6. The average molecular weight is 400 g/mol. The molecule has 4 aromatic rings. The van der Waals surface area contributed by atoms with Gasteiger partial charge in [-0.2, -0.15) is 4.80 Å². The number of ether oxygens (including phenoxy) is 1. The number of fused-ring (bicyclic) bond motifs is 1. The van der Waals surface area contributed by atoms with Crippen molar-refractivity contribution in [1.29, 1.82) is 0 Å². The maximum atomic E-state index is 12.8. The van der Waals surface area contributed by atoms with Crippen LogP contribution in [0.4, 0.5) is 5.69 Å². The van der Waals surface area contributed by atoms with Crippen LogP contribution < -0.4 is 10.1 Å². The van der Waals surface area contributed by atoms with E-state index < -0.39 is 0 Å². The van der Waals surface area contributed by atoms with Crippen molar-refractivity contribution in [2.24, 2.45) is 0 Å². The summed E-state index contributed by atoms with van der Waals surface area (Å²) >= 11 is 0. The van der Waals surface area contributed by atoms with Crippen LogP contribution in [0.2, 0.25) is 0 Å². The van der Waals surface area contributed by atoms with Gasteiger partial charge in [-0.1, -0.05) is 17.7 Å². The lowest BCUT2D eigenvalue weighted by molar-refractivity contribution is 0.102. The van der Waals surface area contributed by atoms with Gasteiger partial charge in [-0.25, -0.2) is 0 Å². The lowest BCUT2D eigenvalue weighted by atomic mass is 10.0. The number of carbonyl (C=O) groups is 1. The Morgan fingerprint density at radius 1 is 0.933 bits per heavy atom. The Morgan fingerprint density at radius 3 is 2.30 bits per heavy atom. The molecule has 1 heterocycles. The van der Waals surface area contributed by atoms with Gasteiger partial charge in [0.1, 0.15) is 16.8 Å². The molecule has 0 fully saturated rings. The molecule has 0 aliphatic heterocycles. The second-order valence-corrected chi connectivity index (χ2v) is 7.34. The molecule has 4 rings (SSSR count). The van der Waals surface area contributed by atoms with E-state index in [1.54, 1.807) is 4.80 Å². The molecule has 1 amide bonds. The topological polar surface area (TPSA) is 69.0 Å². The summed E-state index contributed by atoms with van der Waals surface area (Å²) in [5.41, 5.74) is 6.73. The largest absolute Gasteiger partial charge is 0.494 e. The fourth-order valence-corrected chi connectivity index (χ4v) is 3.42. The molecule has 0 saturated carbocycles. The van der Waals surface area contributed by atoms with E-state index in [0.717, 1.165) is 39.3 Å². The monoisotopic (exact) mass is 400 g/mol. The van der Waals surface area contributed by atoms with Gasteiger partial charge in [0.15, 0.2) is 0 Å². The molecule has 6 nitrogen and oxygen atoms in total. The molecule has 0 atom stereocenters. The molecule has 30 heavy (non-hydrogen) atoms. The number of aromatic nitrogens is 3. The second kappa shape index (κ2) is 7.99. The summed E-state index contributed by atoms with van der Waals surface area (Å²) in [5, 5.41) is 12.2. The van der Waals surface area contributed by atoms with Crippen LogP contribution in [0.5, 0.6) is 5.75 Å². The van der Waals surface area contributed by atoms with Crippen molar-refractivity contribution in [3.8, 4) is 11.4 Å². The molecule has 0 aliphatic carbocycles. The molecular formula is C24H24N4O2. The number of nitrogens with zero attached hydrogens (tertiary/aromatic N) is 3. The minimum absolute atomic E-state index is 0.131. The highest BCUT2D eigenvalue weighted by molar-refractivity contribution is 6.06. The number of rotatable bonds is 5. The zero-order valence-corrected chi connectivity index (χ0v) is 17.6. The lowest BCUT2D eigenvalue weighted by Crippen LogP contribution is -2.14. The predicted molar refractivity (Wildman–Crippen MR) is 119 cm³/mol. The molecule has 0 radical (unpaired) electrons. The van der Waals surface area contributed by atoms with E-state index in [0.29, 0.717) is 17.7 Å². The number of nitrogens with one attached hydrogen (secondary N) is 1. The first-order valence-corrected chi connectivity index (χ1v) is 9.94. The SMILES string of the molecule is CCOc1ccc(-n2nc3cc(C)c(NC(=O)c4ccc(C)cc4C)cc3n2)cc1. The summed E-state index contributed by atoms with van der Waals surface area (Å²) in [6.45, 7) is 8.49. The van der Waals surface area contributed by atoms with Gasteiger partial charge in [0.25, 0.3) is 5.91 Å². The third-order valence-corrected chi connectivity index (χ3v) is 4.98. The van der Waals surface area contributed by atoms with Gasteiger partial charge in [-0.05, 0) is 81.3 Å². The molecule has 0 spiro atoms. The van der Waals surface area contributed by atoms with Gasteiger partial charge < -0.3 is 10.1 Å². The number of carbonyl (C=O) groups excluding carboxylic acids is 1. The van der Waals surface area contributed by atoms with E-state index in [1.165, 1.54) is 0 Å². The molecule has 3 aromatic carbocycles. The van der Waals surface area contributed by atoms with Crippen LogP contribution >= 0.6 is 0 Å². The maximum absolute atomic E-state index is 12.8. The minimum Gasteiger partial charge on any atom is -0.494 e. The summed E-state index contributed by atoms with van der Waals surface area (Å²) in [5.74, 6) is 0.680. The normalized spacial score (nSPS) is 10.9. The summed E-state index contributed by atoms with van der Waals surface area (Å²) in [6, 6.07) is 17.2. The molecule has 0 aliphatic rings. The molecule has 0 unspecified atom stereocenters. The Bertz CT molecular complexity index is 1230. The zero-order chi connectivity index (χ0) is 21.3. The Kier molecular flexibility index (Phi) is 5.23. The highest BCUT2D eigenvalue weighted by Crippen LogP contribution is 2.24. The molecule has 0 saturated heterocycles. The fourth-order valence-electron chi connectivity index (χ4n) is 3.42. The highest BCUT2D eigenvalue weighted by atomic mass is 16.5. The van der Waals surface area contributed by atoms with Gasteiger partial charge >= 0.3 is 0 Å². The predicted octanol–water partition coefficient (Wildman–Crippen LogP) is 5.00. The van der Waals surface area contributed by atoms with Crippen molar-refractivity contribution in [2.45, 2.75) is 27.7 Å². The van der Waals surface area contributed by atoms with Crippen LogP contribution in [-0.2, 0) is 0 Å². The Morgan fingerprint density at radius 2 is 1.63 bits per heavy atom. The standard InChI is InChI=1S/C24H24N4O2/c1-5-30-19-9-7-18(8-10-19)28-26-22-13-17(4)21(14-23(22)27-28)25-24(29)20-11-6-15(2)12-16(20)3/h6-14H,5H2,1-4H3,(H,25,29). The molecule has 152 valence electrons. The Balaban J connectivity index is 1.62. The number of benzene rings is 3. The van der Waals surface area contributed by atoms with Crippen molar-refractivity contribution in [3.63, 3.8) is 0 Å². The number of aryl methyl sites for hydroxylation is 3. The van der Waals surface area contributed by atoms with E-state index in [1.807, 2.05) is 82.3 Å². The minimum atomic E-state index is -0.131. The molecule has 1 aromatic heterocycles. The second-order valence-electron chi connectivity index (χ2n) is 7.34. The van der Waals surface area contributed by atoms with Crippen molar-refractivity contribution in [2.75, 3.05) is 11.9 Å². The maximum Gasteiger partial charge on any atom is 0.255 e. The van der Waals surface area contributed by atoms with Crippen LogP contribution in [0.1, 0.15) is 34.0 Å². The van der Waals surface area contributed by atoms with Crippen molar-refractivity contribution in [3.05, 3.63) is 76.9 Å². The van der Waals surface area contributed by atoms with Crippen LogP contribution in [0.15, 0.2) is 54.6 Å². The summed E-state index contributed by atoms with van der Waals surface area (Å²) in [7, 11) is 0. The molecule has 1 N–H and O–H groups in total. The smallest absolute Gasteiger partial charge is 0.255 e. The fraction of sp³-hybridized carbons (Fsp3) is 0.208. The van der Waals surface area contributed by atoms with E-state index in [2.05, 4.69) is 15.5 Å². The summed E-state index contributed by atoms with van der Waals surface area (Å²) in [4.78, 5) is 14.4. The van der Waals surface area contributed by atoms with E-state index in [9.17, 15) is 4.79 Å². The summed E-state index contributed by atoms with van der Waals surface area (Å²) < 4.78 is 5.49. The van der Waals surface area contributed by atoms with E-state index >= 15 is 0 Å². The summed E-state index contributed by atoms with van der Waals surface area (Å²) in [6.07, 6.45) is 0. The Labute approximate surface area is 175 Å². The third-order valence-electron chi connectivity index (χ3n) is 4.98. The molecule has 0 bridgehead atoms. The third kappa shape index (κ3) is 3.89. The van der Waals surface area contributed by atoms with E-state index in [-0.39, 0.29) is 5.91 Å². The number of hydrogen-bond acceptors (Lipinski definition) is 4. The van der Waals surface area contributed by atoms with Gasteiger partial charge in [0.2, 0.25) is 0 Å². The van der Waals surface area contributed by atoms with Gasteiger partial charge in [0, 0.05) is 11.3 Å². The number of anilines is 1. The zero-order valence-electron chi connectivity index (χ0n) is 17.6. The van der Waals surface area contributed by atoms with Crippen LogP contribution in [0.25, 0.3) is 16.7 Å². The van der Waals surface area contributed by atoms with Gasteiger partial charge in [-0.3, -0.25) is 4.79 Å². The lowest BCUT2D eigenvalue weighted by Gasteiger charge is -2.10. The van der Waals surface area contributed by atoms with Crippen LogP contribution in [-0.4, -0.2) is 27.5 Å². The first-order valence-electron chi connectivity index (χ1n) is 9.94. The van der Waals surface area contributed by atoms with Gasteiger partial charge in [-0.15, -0.1) is 10.2 Å². The molecule has 6 heteroatoms. The van der Waals surface area contributed by atoms with Crippen molar-refractivity contribution < 1.29 is 9.53 Å². The van der Waals surface area contributed by atoms with Crippen LogP contribution in [0, 0.1) is 20.8 Å². The van der Waals surface area contributed by atoms with E-state index in [4.69, 9.17) is 4.74 Å². The number of hydrogen-bond donors (Lipinski definition) is 1. The Hall–Kier alpha value is -3.67. The van der Waals surface area contributed by atoms with Crippen molar-refractivity contribution in [1.82, 2.24) is 15.0 Å². The average Bonchev–Trinajstić information content (AvgIpc) is 3.11.